The largest absolute Gasteiger partial charge is 0.324 e. The Kier molecular flexibility index (Phi) is 4.76. The Hall–Kier alpha value is -0.820. The van der Waals surface area contributed by atoms with Gasteiger partial charge < -0.3 is 5.73 Å². The number of rotatable bonds is 4. The highest BCUT2D eigenvalue weighted by atomic mass is 14.6. The van der Waals surface area contributed by atoms with Gasteiger partial charge in [-0.2, -0.15) is 0 Å². The van der Waals surface area contributed by atoms with Crippen molar-refractivity contribution in [1.82, 2.24) is 0 Å². The molecule has 1 rings (SSSR count). The maximum absolute atomic E-state index is 6.28. The van der Waals surface area contributed by atoms with Gasteiger partial charge in [0.2, 0.25) is 0 Å². The predicted octanol–water partition coefficient (Wildman–Crippen LogP) is 4.42. The Morgan fingerprint density at radius 2 is 1.65 bits per heavy atom. The van der Waals surface area contributed by atoms with Crippen molar-refractivity contribution in [3.8, 4) is 0 Å². The average molecular weight is 233 g/mol. The highest BCUT2D eigenvalue weighted by Crippen LogP contribution is 2.27. The summed E-state index contributed by atoms with van der Waals surface area (Å²) >= 11 is 0. The van der Waals surface area contributed by atoms with E-state index in [4.69, 9.17) is 5.73 Å². The molecule has 1 aromatic rings. The molecule has 0 saturated carbocycles. The van der Waals surface area contributed by atoms with Crippen molar-refractivity contribution >= 4 is 0 Å². The van der Waals surface area contributed by atoms with Crippen molar-refractivity contribution in [2.45, 2.75) is 58.9 Å². The van der Waals surface area contributed by atoms with Crippen LogP contribution in [0.15, 0.2) is 24.3 Å². The zero-order chi connectivity index (χ0) is 13.1. The smallest absolute Gasteiger partial charge is 0.0320 e. The molecule has 0 heterocycles. The van der Waals surface area contributed by atoms with Gasteiger partial charge in [0, 0.05) is 6.04 Å². The quantitative estimate of drug-likeness (QED) is 0.818. The second kappa shape index (κ2) is 5.68. The van der Waals surface area contributed by atoms with E-state index in [1.165, 1.54) is 24.0 Å². The summed E-state index contributed by atoms with van der Waals surface area (Å²) in [6, 6.07) is 8.99. The Morgan fingerprint density at radius 3 is 2.06 bits per heavy atom. The lowest BCUT2D eigenvalue weighted by Crippen LogP contribution is -2.19. The summed E-state index contributed by atoms with van der Waals surface area (Å²) in [4.78, 5) is 0. The zero-order valence-corrected chi connectivity index (χ0v) is 12.0. The molecule has 1 nitrogen and oxygen atoms in total. The minimum absolute atomic E-state index is 0.170. The van der Waals surface area contributed by atoms with Gasteiger partial charge in [0.05, 0.1) is 0 Å². The van der Waals surface area contributed by atoms with Crippen LogP contribution in [0.1, 0.15) is 64.6 Å². The van der Waals surface area contributed by atoms with E-state index in [1.54, 1.807) is 0 Å². The molecular weight excluding hydrogens is 206 g/mol. The third-order valence-electron chi connectivity index (χ3n) is 3.52. The van der Waals surface area contributed by atoms with E-state index >= 15 is 0 Å². The van der Waals surface area contributed by atoms with Crippen molar-refractivity contribution in [2.75, 3.05) is 0 Å². The first kappa shape index (κ1) is 14.2. The molecule has 0 saturated heterocycles. The summed E-state index contributed by atoms with van der Waals surface area (Å²) in [6.45, 7) is 11.2. The third-order valence-corrected chi connectivity index (χ3v) is 3.52. The molecule has 0 aliphatic heterocycles. The predicted molar refractivity (Wildman–Crippen MR) is 76.1 cm³/mol. The zero-order valence-electron chi connectivity index (χ0n) is 12.0. The van der Waals surface area contributed by atoms with Crippen LogP contribution >= 0.6 is 0 Å². The number of hydrogen-bond donors (Lipinski definition) is 1. The monoisotopic (exact) mass is 233 g/mol. The normalized spacial score (nSPS) is 15.6. The summed E-state index contributed by atoms with van der Waals surface area (Å²) in [5.74, 6) is 0.556. The summed E-state index contributed by atoms with van der Waals surface area (Å²) in [5, 5.41) is 0. The summed E-state index contributed by atoms with van der Waals surface area (Å²) < 4.78 is 0. The Balaban J connectivity index is 2.80. The van der Waals surface area contributed by atoms with Gasteiger partial charge >= 0.3 is 0 Å². The summed E-state index contributed by atoms with van der Waals surface area (Å²) in [7, 11) is 0. The van der Waals surface area contributed by atoms with Gasteiger partial charge in [0.1, 0.15) is 0 Å². The van der Waals surface area contributed by atoms with E-state index in [0.717, 1.165) is 0 Å². The summed E-state index contributed by atoms with van der Waals surface area (Å²) in [5.41, 5.74) is 9.14. The second-order valence-electron chi connectivity index (χ2n) is 6.16. The third kappa shape index (κ3) is 3.85. The van der Waals surface area contributed by atoms with Crippen LogP contribution in [0, 0.1) is 5.92 Å². The fourth-order valence-electron chi connectivity index (χ4n) is 2.17. The maximum Gasteiger partial charge on any atom is 0.0320 e. The van der Waals surface area contributed by atoms with Crippen LogP contribution in [0.25, 0.3) is 0 Å². The molecule has 1 heteroatoms. The molecule has 1 aromatic carbocycles. The van der Waals surface area contributed by atoms with E-state index in [-0.39, 0.29) is 11.5 Å². The van der Waals surface area contributed by atoms with Crippen molar-refractivity contribution in [3.63, 3.8) is 0 Å². The molecule has 0 aliphatic rings. The SMILES string of the molecule is CCCC(C)C(N)c1ccc(C(C)(C)C)cc1. The average Bonchev–Trinajstić information content (AvgIpc) is 2.27. The molecule has 0 radical (unpaired) electrons. The maximum atomic E-state index is 6.28. The molecular formula is C16H27N. The highest BCUT2D eigenvalue weighted by molar-refractivity contribution is 5.29. The Labute approximate surface area is 106 Å². The lowest BCUT2D eigenvalue weighted by atomic mass is 9.85. The molecule has 0 bridgehead atoms. The second-order valence-corrected chi connectivity index (χ2v) is 6.16. The molecule has 0 spiro atoms. The standard InChI is InChI=1S/C16H27N/c1-6-7-12(2)15(17)13-8-10-14(11-9-13)16(3,4)5/h8-12,15H,6-7,17H2,1-5H3. The number of nitrogens with two attached hydrogens (primary N) is 1. The lowest BCUT2D eigenvalue weighted by Gasteiger charge is -2.22. The molecule has 0 amide bonds. The highest BCUT2D eigenvalue weighted by Gasteiger charge is 2.16. The van der Waals surface area contributed by atoms with Crippen LogP contribution < -0.4 is 5.73 Å². The van der Waals surface area contributed by atoms with E-state index < -0.39 is 0 Å². The molecule has 17 heavy (non-hydrogen) atoms. The fourth-order valence-corrected chi connectivity index (χ4v) is 2.17. The van der Waals surface area contributed by atoms with Crippen LogP contribution in [0.5, 0.6) is 0 Å². The van der Waals surface area contributed by atoms with Gasteiger partial charge in [0.25, 0.3) is 0 Å². The van der Waals surface area contributed by atoms with Crippen LogP contribution in [0.2, 0.25) is 0 Å². The van der Waals surface area contributed by atoms with E-state index in [9.17, 15) is 0 Å². The van der Waals surface area contributed by atoms with Crippen molar-refractivity contribution in [3.05, 3.63) is 35.4 Å². The molecule has 2 N–H and O–H groups in total. The molecule has 96 valence electrons. The summed E-state index contributed by atoms with van der Waals surface area (Å²) in [6.07, 6.45) is 2.40. The van der Waals surface area contributed by atoms with Gasteiger partial charge in [-0.15, -0.1) is 0 Å². The first-order chi connectivity index (χ1) is 7.86. The van der Waals surface area contributed by atoms with Crippen molar-refractivity contribution in [1.29, 1.82) is 0 Å². The van der Waals surface area contributed by atoms with Crippen LogP contribution in [0.3, 0.4) is 0 Å². The van der Waals surface area contributed by atoms with E-state index in [0.29, 0.717) is 5.92 Å². The van der Waals surface area contributed by atoms with Gasteiger partial charge in [0.15, 0.2) is 0 Å². The van der Waals surface area contributed by atoms with Gasteiger partial charge in [-0.3, -0.25) is 0 Å². The first-order valence-corrected chi connectivity index (χ1v) is 6.72. The van der Waals surface area contributed by atoms with Crippen LogP contribution in [-0.2, 0) is 5.41 Å². The molecule has 2 atom stereocenters. The van der Waals surface area contributed by atoms with E-state index in [2.05, 4.69) is 58.9 Å². The van der Waals surface area contributed by atoms with Gasteiger partial charge in [-0.1, -0.05) is 65.3 Å². The topological polar surface area (TPSA) is 26.0 Å². The van der Waals surface area contributed by atoms with E-state index in [1.807, 2.05) is 0 Å². The fraction of sp³-hybridized carbons (Fsp3) is 0.625. The minimum Gasteiger partial charge on any atom is -0.324 e. The van der Waals surface area contributed by atoms with Crippen molar-refractivity contribution in [2.24, 2.45) is 11.7 Å². The van der Waals surface area contributed by atoms with Crippen LogP contribution in [-0.4, -0.2) is 0 Å². The Morgan fingerprint density at radius 1 is 1.12 bits per heavy atom. The minimum atomic E-state index is 0.170. The molecule has 0 aliphatic carbocycles. The molecule has 2 unspecified atom stereocenters. The molecule has 0 fully saturated rings. The van der Waals surface area contributed by atoms with Gasteiger partial charge in [-0.25, -0.2) is 0 Å². The number of benzene rings is 1. The first-order valence-electron chi connectivity index (χ1n) is 6.72. The number of hydrogen-bond acceptors (Lipinski definition) is 1. The Bertz CT molecular complexity index is 332. The molecule has 0 aromatic heterocycles. The van der Waals surface area contributed by atoms with Crippen LogP contribution in [0.4, 0.5) is 0 Å². The van der Waals surface area contributed by atoms with Gasteiger partial charge in [-0.05, 0) is 28.9 Å². The lowest BCUT2D eigenvalue weighted by molar-refractivity contribution is 0.433. The van der Waals surface area contributed by atoms with Crippen molar-refractivity contribution < 1.29 is 0 Å².